The highest BCUT2D eigenvalue weighted by molar-refractivity contribution is 7.99. The first kappa shape index (κ1) is 15.2. The van der Waals surface area contributed by atoms with E-state index < -0.39 is 0 Å². The van der Waals surface area contributed by atoms with E-state index >= 15 is 0 Å². The van der Waals surface area contributed by atoms with Gasteiger partial charge in [0.25, 0.3) is 11.5 Å². The topological polar surface area (TPSA) is 64.0 Å². The number of hydrogen-bond acceptors (Lipinski definition) is 4. The van der Waals surface area contributed by atoms with Gasteiger partial charge in [0.1, 0.15) is 5.56 Å². The molecule has 2 fully saturated rings. The second-order valence-corrected chi connectivity index (χ2v) is 8.96. The molecular formula is C17H23N3O2S. The van der Waals surface area contributed by atoms with Crippen LogP contribution in [0.25, 0.3) is 0 Å². The molecule has 0 spiro atoms. The predicted octanol–water partition coefficient (Wildman–Crippen LogP) is 2.29. The standard InChI is InChI=1S/C17H23N3O2S/c1-16(2)10-4-5-17(16,3)12(8-10)19-13(21)11-9-18-15-20(14(11)22)6-7-23-15/h9-10,12H,4-8H2,1-3H3,(H,19,21)/t10-,12-,17-/m0/s1. The normalized spacial score (nSPS) is 33.7. The summed E-state index contributed by atoms with van der Waals surface area (Å²) in [5.74, 6) is 1.25. The van der Waals surface area contributed by atoms with Crippen LogP contribution in [0.4, 0.5) is 0 Å². The maximum atomic E-state index is 12.7. The van der Waals surface area contributed by atoms with Crippen molar-refractivity contribution < 1.29 is 4.79 Å². The van der Waals surface area contributed by atoms with Crippen molar-refractivity contribution in [2.45, 2.75) is 57.8 Å². The fourth-order valence-electron chi connectivity index (χ4n) is 4.83. The smallest absolute Gasteiger partial charge is 0.267 e. The van der Waals surface area contributed by atoms with Crippen molar-refractivity contribution in [1.82, 2.24) is 14.9 Å². The van der Waals surface area contributed by atoms with Gasteiger partial charge in [0.2, 0.25) is 0 Å². The van der Waals surface area contributed by atoms with Crippen LogP contribution in [0.3, 0.4) is 0 Å². The molecule has 1 aromatic rings. The summed E-state index contributed by atoms with van der Waals surface area (Å²) in [5.41, 5.74) is 0.335. The average Bonchev–Trinajstić information content (AvgIpc) is 3.11. The predicted molar refractivity (Wildman–Crippen MR) is 89.7 cm³/mol. The lowest BCUT2D eigenvalue weighted by atomic mass is 9.69. The van der Waals surface area contributed by atoms with E-state index in [9.17, 15) is 9.59 Å². The Morgan fingerprint density at radius 2 is 2.22 bits per heavy atom. The first-order chi connectivity index (χ1) is 10.8. The van der Waals surface area contributed by atoms with Gasteiger partial charge < -0.3 is 5.32 Å². The number of amides is 1. The molecule has 2 bridgehead atoms. The number of nitrogens with zero attached hydrogens (tertiary/aromatic N) is 2. The van der Waals surface area contributed by atoms with Gasteiger partial charge in [-0.15, -0.1) is 0 Å². The molecule has 3 aliphatic rings. The zero-order valence-electron chi connectivity index (χ0n) is 13.9. The molecule has 5 nitrogen and oxygen atoms in total. The van der Waals surface area contributed by atoms with Crippen LogP contribution < -0.4 is 10.9 Å². The van der Waals surface area contributed by atoms with E-state index in [0.717, 1.165) is 23.8 Å². The van der Waals surface area contributed by atoms with Gasteiger partial charge in [-0.3, -0.25) is 14.2 Å². The molecule has 4 rings (SSSR count). The second kappa shape index (κ2) is 4.85. The van der Waals surface area contributed by atoms with E-state index in [4.69, 9.17) is 0 Å². The van der Waals surface area contributed by atoms with E-state index in [1.165, 1.54) is 12.6 Å². The van der Waals surface area contributed by atoms with Gasteiger partial charge in [0.15, 0.2) is 5.16 Å². The summed E-state index contributed by atoms with van der Waals surface area (Å²) >= 11 is 1.56. The number of thioether (sulfide) groups is 1. The monoisotopic (exact) mass is 333 g/mol. The van der Waals surface area contributed by atoms with Crippen molar-refractivity contribution in [1.29, 1.82) is 0 Å². The van der Waals surface area contributed by atoms with Gasteiger partial charge in [-0.25, -0.2) is 4.98 Å². The number of hydrogen-bond donors (Lipinski definition) is 1. The van der Waals surface area contributed by atoms with Crippen molar-refractivity contribution in [3.63, 3.8) is 0 Å². The van der Waals surface area contributed by atoms with Crippen molar-refractivity contribution in [2.24, 2.45) is 16.7 Å². The fourth-order valence-corrected chi connectivity index (χ4v) is 5.74. The van der Waals surface area contributed by atoms with Crippen molar-refractivity contribution in [3.8, 4) is 0 Å². The molecular weight excluding hydrogens is 310 g/mol. The summed E-state index contributed by atoms with van der Waals surface area (Å²) in [6, 6.07) is 0.149. The molecule has 1 N–H and O–H groups in total. The highest BCUT2D eigenvalue weighted by Crippen LogP contribution is 2.65. The molecule has 3 atom stereocenters. The Labute approximate surface area is 140 Å². The van der Waals surface area contributed by atoms with Gasteiger partial charge >= 0.3 is 0 Å². The molecule has 1 aromatic heterocycles. The van der Waals surface area contributed by atoms with Crippen LogP contribution >= 0.6 is 11.8 Å². The molecule has 0 unspecified atom stereocenters. The molecule has 124 valence electrons. The molecule has 0 aromatic carbocycles. The van der Waals surface area contributed by atoms with Crippen LogP contribution in [-0.2, 0) is 6.54 Å². The van der Waals surface area contributed by atoms with Gasteiger partial charge in [-0.1, -0.05) is 32.5 Å². The Bertz CT molecular complexity index is 742. The van der Waals surface area contributed by atoms with E-state index in [0.29, 0.717) is 12.5 Å². The Hall–Kier alpha value is -1.30. The lowest BCUT2D eigenvalue weighted by molar-refractivity contribution is 0.0823. The molecule has 2 saturated carbocycles. The van der Waals surface area contributed by atoms with E-state index in [-0.39, 0.29) is 33.9 Å². The minimum absolute atomic E-state index is 0.115. The summed E-state index contributed by atoms with van der Waals surface area (Å²) in [6.07, 6.45) is 4.86. The molecule has 2 aliphatic carbocycles. The number of aromatic nitrogens is 2. The molecule has 1 aliphatic heterocycles. The fraction of sp³-hybridized carbons (Fsp3) is 0.706. The van der Waals surface area contributed by atoms with Crippen LogP contribution in [0.1, 0.15) is 50.4 Å². The lowest BCUT2D eigenvalue weighted by Crippen LogP contribution is -2.48. The Morgan fingerprint density at radius 1 is 1.43 bits per heavy atom. The molecule has 0 saturated heterocycles. The Balaban J connectivity index is 1.60. The molecule has 23 heavy (non-hydrogen) atoms. The van der Waals surface area contributed by atoms with Crippen LogP contribution in [0.2, 0.25) is 0 Å². The van der Waals surface area contributed by atoms with E-state index in [1.54, 1.807) is 16.3 Å². The average molecular weight is 333 g/mol. The molecule has 2 heterocycles. The third-order valence-electron chi connectivity index (χ3n) is 6.90. The number of rotatable bonds is 2. The van der Waals surface area contributed by atoms with Gasteiger partial charge in [-0.2, -0.15) is 0 Å². The summed E-state index contributed by atoms with van der Waals surface area (Å²) in [4.78, 5) is 29.4. The summed E-state index contributed by atoms with van der Waals surface area (Å²) < 4.78 is 1.62. The first-order valence-electron chi connectivity index (χ1n) is 8.38. The summed E-state index contributed by atoms with van der Waals surface area (Å²) in [6.45, 7) is 7.57. The highest BCUT2D eigenvalue weighted by Gasteiger charge is 2.61. The quantitative estimate of drug-likeness (QED) is 0.844. The maximum Gasteiger partial charge on any atom is 0.267 e. The molecule has 6 heteroatoms. The van der Waals surface area contributed by atoms with Crippen LogP contribution in [0, 0.1) is 16.7 Å². The van der Waals surface area contributed by atoms with Crippen molar-refractivity contribution in [2.75, 3.05) is 5.75 Å². The number of carbonyl (C=O) groups excluding carboxylic acids is 1. The van der Waals surface area contributed by atoms with Gasteiger partial charge in [0, 0.05) is 24.5 Å². The minimum Gasteiger partial charge on any atom is -0.349 e. The first-order valence-corrected chi connectivity index (χ1v) is 9.36. The van der Waals surface area contributed by atoms with Crippen molar-refractivity contribution >= 4 is 17.7 Å². The third kappa shape index (κ3) is 1.96. The highest BCUT2D eigenvalue weighted by atomic mass is 32.2. The zero-order chi connectivity index (χ0) is 16.4. The number of nitrogens with one attached hydrogen (secondary N) is 1. The Kier molecular flexibility index (Phi) is 3.21. The SMILES string of the molecule is CC1(C)[C@H]2CC[C@@]1(C)[C@@H](NC(=O)c1cnc3n(c1=O)CCS3)C2. The van der Waals surface area contributed by atoms with Crippen LogP contribution in [0.15, 0.2) is 16.1 Å². The number of fused-ring (bicyclic) bond motifs is 3. The summed E-state index contributed by atoms with van der Waals surface area (Å²) in [7, 11) is 0. The Morgan fingerprint density at radius 3 is 2.87 bits per heavy atom. The number of carbonyl (C=O) groups is 1. The largest absolute Gasteiger partial charge is 0.349 e. The molecule has 0 radical (unpaired) electrons. The minimum atomic E-state index is -0.260. The van der Waals surface area contributed by atoms with Crippen molar-refractivity contribution in [3.05, 3.63) is 22.1 Å². The van der Waals surface area contributed by atoms with E-state index in [1.807, 2.05) is 0 Å². The van der Waals surface area contributed by atoms with Crippen LogP contribution in [0.5, 0.6) is 0 Å². The maximum absolute atomic E-state index is 12.7. The zero-order valence-corrected chi connectivity index (χ0v) is 14.7. The van der Waals surface area contributed by atoms with Gasteiger partial charge in [-0.05, 0) is 36.0 Å². The summed E-state index contributed by atoms with van der Waals surface area (Å²) in [5, 5.41) is 3.88. The second-order valence-electron chi connectivity index (χ2n) is 7.90. The van der Waals surface area contributed by atoms with Crippen LogP contribution in [-0.4, -0.2) is 27.3 Å². The van der Waals surface area contributed by atoms with E-state index in [2.05, 4.69) is 31.1 Å². The third-order valence-corrected chi connectivity index (χ3v) is 7.87. The van der Waals surface area contributed by atoms with Gasteiger partial charge in [0.05, 0.1) is 0 Å². The molecule has 1 amide bonds. The lowest BCUT2D eigenvalue weighted by Gasteiger charge is -2.39.